The Labute approximate surface area is 183 Å². The van der Waals surface area contributed by atoms with Gasteiger partial charge >= 0.3 is 5.97 Å². The summed E-state index contributed by atoms with van der Waals surface area (Å²) in [6, 6.07) is 5.39. The van der Waals surface area contributed by atoms with Gasteiger partial charge in [0.05, 0.1) is 24.9 Å². The maximum absolute atomic E-state index is 12.6. The van der Waals surface area contributed by atoms with Gasteiger partial charge in [-0.3, -0.25) is 9.59 Å². The van der Waals surface area contributed by atoms with Crippen LogP contribution in [0.4, 0.5) is 5.69 Å². The van der Waals surface area contributed by atoms with Crippen LogP contribution in [0.15, 0.2) is 18.2 Å². The number of amides is 2. The highest BCUT2D eigenvalue weighted by Crippen LogP contribution is 2.27. The summed E-state index contributed by atoms with van der Waals surface area (Å²) >= 11 is 0. The van der Waals surface area contributed by atoms with Crippen molar-refractivity contribution in [1.82, 2.24) is 5.32 Å². The minimum absolute atomic E-state index is 0.256. The van der Waals surface area contributed by atoms with E-state index in [1.807, 2.05) is 47.6 Å². The molecule has 0 aliphatic rings. The van der Waals surface area contributed by atoms with Gasteiger partial charge in [0.2, 0.25) is 5.91 Å². The topological polar surface area (TPSA) is 93.7 Å². The second kappa shape index (κ2) is 10.1. The lowest BCUT2D eigenvalue weighted by atomic mass is 9.90. The number of methoxy groups -OCH3 is 1. The SMILES string of the molecule is COc1ccc(C)cc1NC(=O)CNC(=O)COC(=O)c1c(C)c(C)c(C)c(C)c1C. The van der Waals surface area contributed by atoms with Crippen molar-refractivity contribution >= 4 is 23.5 Å². The van der Waals surface area contributed by atoms with Crippen LogP contribution in [0.2, 0.25) is 0 Å². The number of esters is 1. The van der Waals surface area contributed by atoms with Crippen molar-refractivity contribution in [3.8, 4) is 5.75 Å². The average molecular weight is 427 g/mol. The highest BCUT2D eigenvalue weighted by molar-refractivity contribution is 5.97. The first-order valence-corrected chi connectivity index (χ1v) is 10.0. The number of ether oxygens (including phenoxy) is 2. The second-order valence-corrected chi connectivity index (χ2v) is 7.60. The van der Waals surface area contributed by atoms with E-state index in [0.29, 0.717) is 17.0 Å². The molecule has 0 aromatic heterocycles. The molecule has 0 radical (unpaired) electrons. The number of anilines is 1. The molecular formula is C24H30N2O5. The summed E-state index contributed by atoms with van der Waals surface area (Å²) in [7, 11) is 1.51. The van der Waals surface area contributed by atoms with Crippen molar-refractivity contribution in [2.45, 2.75) is 41.5 Å². The summed E-state index contributed by atoms with van der Waals surface area (Å²) < 4.78 is 10.4. The van der Waals surface area contributed by atoms with E-state index in [1.54, 1.807) is 12.1 Å². The molecule has 2 N–H and O–H groups in total. The van der Waals surface area contributed by atoms with Gasteiger partial charge in [-0.25, -0.2) is 4.79 Å². The smallest absolute Gasteiger partial charge is 0.339 e. The summed E-state index contributed by atoms with van der Waals surface area (Å²) in [5.74, 6) is -1.01. The molecule has 0 aliphatic heterocycles. The molecule has 7 heteroatoms. The van der Waals surface area contributed by atoms with Crippen LogP contribution in [-0.4, -0.2) is 38.0 Å². The number of hydrogen-bond donors (Lipinski definition) is 2. The minimum atomic E-state index is -0.560. The number of aryl methyl sites for hydroxylation is 1. The Balaban J connectivity index is 1.92. The summed E-state index contributed by atoms with van der Waals surface area (Å²) in [4.78, 5) is 36.8. The number of carbonyl (C=O) groups excluding carboxylic acids is 3. The Hall–Kier alpha value is -3.35. The third-order valence-corrected chi connectivity index (χ3v) is 5.61. The molecule has 31 heavy (non-hydrogen) atoms. The third-order valence-electron chi connectivity index (χ3n) is 5.61. The number of rotatable bonds is 7. The zero-order valence-corrected chi connectivity index (χ0v) is 19.2. The van der Waals surface area contributed by atoms with Crippen LogP contribution in [-0.2, 0) is 14.3 Å². The Bertz CT molecular complexity index is 998. The Morgan fingerprint density at radius 3 is 2.00 bits per heavy atom. The summed E-state index contributed by atoms with van der Waals surface area (Å²) in [6.07, 6.45) is 0. The number of nitrogens with one attached hydrogen (secondary N) is 2. The number of carbonyl (C=O) groups is 3. The highest BCUT2D eigenvalue weighted by Gasteiger charge is 2.20. The fourth-order valence-electron chi connectivity index (χ4n) is 3.35. The third kappa shape index (κ3) is 5.63. The quantitative estimate of drug-likeness (QED) is 0.662. The van der Waals surface area contributed by atoms with Gasteiger partial charge in [-0.1, -0.05) is 6.07 Å². The van der Waals surface area contributed by atoms with Gasteiger partial charge in [-0.2, -0.15) is 0 Å². The first kappa shape index (κ1) is 23.9. The van der Waals surface area contributed by atoms with Crippen molar-refractivity contribution in [3.05, 3.63) is 57.1 Å². The molecule has 2 amide bonds. The summed E-state index contributed by atoms with van der Waals surface area (Å²) in [5, 5.41) is 5.15. The molecule has 0 heterocycles. The minimum Gasteiger partial charge on any atom is -0.495 e. The first-order valence-electron chi connectivity index (χ1n) is 10.0. The van der Waals surface area contributed by atoms with E-state index < -0.39 is 24.4 Å². The predicted molar refractivity (Wildman–Crippen MR) is 120 cm³/mol. The number of benzene rings is 2. The van der Waals surface area contributed by atoms with Gasteiger partial charge in [0.25, 0.3) is 5.91 Å². The Kier molecular flexibility index (Phi) is 7.80. The molecule has 0 fully saturated rings. The number of hydrogen-bond acceptors (Lipinski definition) is 5. The van der Waals surface area contributed by atoms with E-state index in [4.69, 9.17) is 9.47 Å². The molecular weight excluding hydrogens is 396 g/mol. The molecule has 2 aromatic rings. The molecule has 0 atom stereocenters. The Morgan fingerprint density at radius 1 is 0.839 bits per heavy atom. The van der Waals surface area contributed by atoms with Crippen molar-refractivity contribution < 1.29 is 23.9 Å². The molecule has 0 aliphatic carbocycles. The van der Waals surface area contributed by atoms with E-state index in [-0.39, 0.29) is 6.54 Å². The average Bonchev–Trinajstić information content (AvgIpc) is 2.73. The molecule has 0 saturated carbocycles. The van der Waals surface area contributed by atoms with Crippen LogP contribution < -0.4 is 15.4 Å². The zero-order chi connectivity index (χ0) is 23.3. The summed E-state index contributed by atoms with van der Waals surface area (Å²) in [5.41, 5.74) is 6.85. The lowest BCUT2D eigenvalue weighted by Crippen LogP contribution is -2.35. The van der Waals surface area contributed by atoms with Crippen LogP contribution in [0, 0.1) is 41.5 Å². The van der Waals surface area contributed by atoms with Crippen molar-refractivity contribution in [2.75, 3.05) is 25.6 Å². The lowest BCUT2D eigenvalue weighted by Gasteiger charge is -2.17. The fraction of sp³-hybridized carbons (Fsp3) is 0.375. The van der Waals surface area contributed by atoms with Crippen molar-refractivity contribution in [3.63, 3.8) is 0 Å². The van der Waals surface area contributed by atoms with Crippen molar-refractivity contribution in [1.29, 1.82) is 0 Å². The first-order chi connectivity index (χ1) is 14.6. The maximum atomic E-state index is 12.6. The van der Waals surface area contributed by atoms with Crippen LogP contribution in [0.5, 0.6) is 5.75 Å². The van der Waals surface area contributed by atoms with E-state index in [0.717, 1.165) is 33.4 Å². The van der Waals surface area contributed by atoms with Crippen LogP contribution in [0.25, 0.3) is 0 Å². The largest absolute Gasteiger partial charge is 0.495 e. The second-order valence-electron chi connectivity index (χ2n) is 7.60. The van der Waals surface area contributed by atoms with Gasteiger partial charge in [0.15, 0.2) is 6.61 Å². The molecule has 7 nitrogen and oxygen atoms in total. The standard InChI is InChI=1S/C24H30N2O5/c1-13-8-9-20(30-7)19(10-13)26-21(27)11-25-22(28)12-31-24(29)23-17(5)15(3)14(2)16(4)18(23)6/h8-10H,11-12H2,1-7H3,(H,25,28)(H,26,27). The maximum Gasteiger partial charge on any atom is 0.339 e. The van der Waals surface area contributed by atoms with Crippen LogP contribution >= 0.6 is 0 Å². The van der Waals surface area contributed by atoms with E-state index in [9.17, 15) is 14.4 Å². The fourth-order valence-corrected chi connectivity index (χ4v) is 3.35. The highest BCUT2D eigenvalue weighted by atomic mass is 16.5. The van der Waals surface area contributed by atoms with E-state index in [1.165, 1.54) is 7.11 Å². The molecule has 2 rings (SSSR count). The zero-order valence-electron chi connectivity index (χ0n) is 19.2. The van der Waals surface area contributed by atoms with Gasteiger partial charge in [-0.15, -0.1) is 0 Å². The van der Waals surface area contributed by atoms with Crippen molar-refractivity contribution in [2.24, 2.45) is 0 Å². The van der Waals surface area contributed by atoms with Gasteiger partial charge in [-0.05, 0) is 87.1 Å². The van der Waals surface area contributed by atoms with Gasteiger partial charge in [0, 0.05) is 0 Å². The van der Waals surface area contributed by atoms with Gasteiger partial charge in [0.1, 0.15) is 5.75 Å². The van der Waals surface area contributed by atoms with Crippen LogP contribution in [0.1, 0.15) is 43.7 Å². The van der Waals surface area contributed by atoms with Crippen LogP contribution in [0.3, 0.4) is 0 Å². The molecule has 0 saturated heterocycles. The molecule has 0 unspecified atom stereocenters. The molecule has 2 aromatic carbocycles. The summed E-state index contributed by atoms with van der Waals surface area (Å²) in [6.45, 7) is 10.9. The predicted octanol–water partition coefficient (Wildman–Crippen LogP) is 3.46. The van der Waals surface area contributed by atoms with E-state index >= 15 is 0 Å². The Morgan fingerprint density at radius 2 is 1.42 bits per heavy atom. The monoisotopic (exact) mass is 426 g/mol. The molecule has 0 bridgehead atoms. The normalized spacial score (nSPS) is 10.4. The van der Waals surface area contributed by atoms with E-state index in [2.05, 4.69) is 10.6 Å². The molecule has 166 valence electrons. The van der Waals surface area contributed by atoms with Gasteiger partial charge < -0.3 is 20.1 Å². The lowest BCUT2D eigenvalue weighted by molar-refractivity contribution is -0.126. The molecule has 0 spiro atoms.